The number of aryl methyl sites for hydroxylation is 2. The Morgan fingerprint density at radius 3 is 2.18 bits per heavy atom. The summed E-state index contributed by atoms with van der Waals surface area (Å²) < 4.78 is 0. The second-order valence-electron chi connectivity index (χ2n) is 2.50. The van der Waals surface area contributed by atoms with Crippen LogP contribution in [0.1, 0.15) is 11.1 Å². The lowest BCUT2D eigenvalue weighted by Gasteiger charge is -2.04. The normalized spacial score (nSPS) is 10.6. The predicted molar refractivity (Wildman–Crippen MR) is 54.2 cm³/mol. The molecule has 0 nitrogen and oxygen atoms in total. The van der Waals surface area contributed by atoms with E-state index in [4.69, 9.17) is 22.5 Å². The van der Waals surface area contributed by atoms with E-state index >= 15 is 0 Å². The molecule has 1 rings (SSSR count). The van der Waals surface area contributed by atoms with E-state index in [9.17, 15) is 0 Å². The third-order valence-electron chi connectivity index (χ3n) is 1.69. The summed E-state index contributed by atoms with van der Waals surface area (Å²) >= 11 is 11.5. The highest BCUT2D eigenvalue weighted by Crippen LogP contribution is 2.45. The molecule has 0 unspecified atom stereocenters. The molecule has 0 aliphatic rings. The van der Waals surface area contributed by atoms with Crippen LogP contribution in [0.5, 0.6) is 0 Å². The van der Waals surface area contributed by atoms with E-state index < -0.39 is 6.63 Å². The fourth-order valence-corrected chi connectivity index (χ4v) is 1.94. The van der Waals surface area contributed by atoms with Gasteiger partial charge in [0.05, 0.1) is 0 Å². The van der Waals surface area contributed by atoms with Gasteiger partial charge in [-0.3, -0.25) is 0 Å². The van der Waals surface area contributed by atoms with Crippen LogP contribution in [0, 0.1) is 13.8 Å². The van der Waals surface area contributed by atoms with Gasteiger partial charge in [0.1, 0.15) is 6.63 Å². The monoisotopic (exact) mass is 206 g/mol. The average molecular weight is 207 g/mol. The molecule has 1 aromatic carbocycles. The first-order valence-corrected chi connectivity index (χ1v) is 6.45. The molecule has 3 heteroatoms. The maximum Gasteiger partial charge on any atom is 0.116 e. The van der Waals surface area contributed by atoms with Gasteiger partial charge >= 0.3 is 0 Å². The van der Waals surface area contributed by atoms with Gasteiger partial charge in [0, 0.05) is 5.30 Å². The fraction of sp³-hybridized carbons (Fsp3) is 0.250. The van der Waals surface area contributed by atoms with Crippen LogP contribution in [0.15, 0.2) is 18.2 Å². The number of halogens is 2. The van der Waals surface area contributed by atoms with E-state index in [0.29, 0.717) is 0 Å². The van der Waals surface area contributed by atoms with Crippen molar-refractivity contribution >= 4 is 34.4 Å². The van der Waals surface area contributed by atoms with Crippen LogP contribution >= 0.6 is 29.1 Å². The Morgan fingerprint density at radius 1 is 1.09 bits per heavy atom. The first-order chi connectivity index (χ1) is 5.11. The Hall–Kier alpha value is 0.230. The van der Waals surface area contributed by atoms with E-state index in [1.807, 2.05) is 18.2 Å². The number of hydrogen-bond acceptors (Lipinski definition) is 0. The Labute approximate surface area is 77.9 Å². The lowest BCUT2D eigenvalue weighted by Crippen LogP contribution is -1.96. The van der Waals surface area contributed by atoms with Crippen molar-refractivity contribution in [1.29, 1.82) is 0 Å². The molecule has 0 fully saturated rings. The van der Waals surface area contributed by atoms with Crippen molar-refractivity contribution in [2.24, 2.45) is 0 Å². The minimum atomic E-state index is -0.980. The Morgan fingerprint density at radius 2 is 1.73 bits per heavy atom. The van der Waals surface area contributed by atoms with Gasteiger partial charge in [-0.2, -0.15) is 0 Å². The Bertz CT molecular complexity index is 258. The number of benzene rings is 1. The molecular formula is C8H9Cl2P. The molecule has 0 saturated carbocycles. The van der Waals surface area contributed by atoms with Gasteiger partial charge < -0.3 is 0 Å². The molecule has 0 amide bonds. The maximum atomic E-state index is 5.76. The third kappa shape index (κ3) is 2.33. The second kappa shape index (κ2) is 3.76. The van der Waals surface area contributed by atoms with Crippen LogP contribution in [0.3, 0.4) is 0 Å². The zero-order valence-electron chi connectivity index (χ0n) is 6.44. The minimum absolute atomic E-state index is 0.980. The van der Waals surface area contributed by atoms with Crippen LogP contribution in [0.2, 0.25) is 0 Å². The van der Waals surface area contributed by atoms with E-state index in [1.165, 1.54) is 11.1 Å². The van der Waals surface area contributed by atoms with Crippen molar-refractivity contribution in [1.82, 2.24) is 0 Å². The minimum Gasteiger partial charge on any atom is -0.0727 e. The highest BCUT2D eigenvalue weighted by molar-refractivity contribution is 8.08. The molecule has 0 bridgehead atoms. The van der Waals surface area contributed by atoms with Gasteiger partial charge in [0.2, 0.25) is 0 Å². The Balaban J connectivity index is 3.05. The van der Waals surface area contributed by atoms with E-state index in [1.54, 1.807) is 0 Å². The SMILES string of the molecule is Cc1ccc(P(Cl)Cl)cc1C. The number of rotatable bonds is 1. The molecule has 0 heterocycles. The van der Waals surface area contributed by atoms with E-state index in [-0.39, 0.29) is 0 Å². The first kappa shape index (κ1) is 9.32. The van der Waals surface area contributed by atoms with Crippen molar-refractivity contribution < 1.29 is 0 Å². The van der Waals surface area contributed by atoms with E-state index in [0.717, 1.165) is 5.30 Å². The summed E-state index contributed by atoms with van der Waals surface area (Å²) in [4.78, 5) is 0. The summed E-state index contributed by atoms with van der Waals surface area (Å²) in [5.74, 6) is 0. The summed E-state index contributed by atoms with van der Waals surface area (Å²) in [5, 5.41) is 1.03. The molecule has 11 heavy (non-hydrogen) atoms. The van der Waals surface area contributed by atoms with Crippen molar-refractivity contribution in [2.75, 3.05) is 0 Å². The van der Waals surface area contributed by atoms with Gasteiger partial charge in [-0.1, -0.05) is 34.6 Å². The summed E-state index contributed by atoms with van der Waals surface area (Å²) in [6, 6.07) is 6.07. The van der Waals surface area contributed by atoms with Crippen molar-refractivity contribution in [3.05, 3.63) is 29.3 Å². The molecule has 0 atom stereocenters. The smallest absolute Gasteiger partial charge is 0.0727 e. The molecule has 0 N–H and O–H groups in total. The van der Waals surface area contributed by atoms with Crippen molar-refractivity contribution in [3.8, 4) is 0 Å². The summed E-state index contributed by atoms with van der Waals surface area (Å²) in [6.45, 7) is 3.15. The first-order valence-electron chi connectivity index (χ1n) is 3.30. The quantitative estimate of drug-likeness (QED) is 0.615. The highest BCUT2D eigenvalue weighted by atomic mass is 35.9. The van der Waals surface area contributed by atoms with Gasteiger partial charge in [0.25, 0.3) is 0 Å². The second-order valence-corrected chi connectivity index (χ2v) is 6.03. The van der Waals surface area contributed by atoms with Gasteiger partial charge in [-0.05, 0) is 31.0 Å². The van der Waals surface area contributed by atoms with Crippen LogP contribution in [0.4, 0.5) is 0 Å². The zero-order chi connectivity index (χ0) is 8.43. The number of hydrogen-bond donors (Lipinski definition) is 0. The third-order valence-corrected chi connectivity index (χ3v) is 3.53. The average Bonchev–Trinajstić information content (AvgIpc) is 1.94. The molecule has 0 aromatic heterocycles. The van der Waals surface area contributed by atoms with Gasteiger partial charge in [-0.15, -0.1) is 0 Å². The molecular weight excluding hydrogens is 198 g/mol. The molecule has 0 aliphatic heterocycles. The topological polar surface area (TPSA) is 0 Å². The van der Waals surface area contributed by atoms with Crippen molar-refractivity contribution in [3.63, 3.8) is 0 Å². The maximum absolute atomic E-state index is 5.76. The van der Waals surface area contributed by atoms with Crippen LogP contribution in [-0.4, -0.2) is 0 Å². The van der Waals surface area contributed by atoms with Gasteiger partial charge in [0.15, 0.2) is 0 Å². The molecule has 0 saturated heterocycles. The highest BCUT2D eigenvalue weighted by Gasteiger charge is 2.03. The van der Waals surface area contributed by atoms with Crippen LogP contribution in [-0.2, 0) is 0 Å². The summed E-state index contributed by atoms with van der Waals surface area (Å²) in [5.41, 5.74) is 2.52. The summed E-state index contributed by atoms with van der Waals surface area (Å²) in [7, 11) is 0. The fourth-order valence-electron chi connectivity index (χ4n) is 0.831. The molecule has 0 aliphatic carbocycles. The van der Waals surface area contributed by atoms with Crippen molar-refractivity contribution in [2.45, 2.75) is 13.8 Å². The Kier molecular flexibility index (Phi) is 3.18. The van der Waals surface area contributed by atoms with Gasteiger partial charge in [-0.25, -0.2) is 0 Å². The largest absolute Gasteiger partial charge is 0.116 e. The van der Waals surface area contributed by atoms with E-state index in [2.05, 4.69) is 13.8 Å². The molecule has 0 radical (unpaired) electrons. The molecule has 60 valence electrons. The lowest BCUT2D eigenvalue weighted by molar-refractivity contribution is 1.35. The molecule has 0 spiro atoms. The molecule has 1 aromatic rings. The zero-order valence-corrected chi connectivity index (χ0v) is 8.84. The predicted octanol–water partition coefficient (Wildman–Crippen LogP) is 3.72. The standard InChI is InChI=1S/C8H9Cl2P/c1-6-3-4-8(11(9)10)5-7(6)2/h3-5H,1-2H3. The summed E-state index contributed by atoms with van der Waals surface area (Å²) in [6.07, 6.45) is 0. The van der Waals surface area contributed by atoms with Crippen LogP contribution in [0.25, 0.3) is 0 Å². The van der Waals surface area contributed by atoms with Crippen LogP contribution < -0.4 is 5.30 Å². The lowest BCUT2D eigenvalue weighted by atomic mass is 10.1.